The molecule has 1 amide bonds. The Hall–Kier alpha value is -1.92. The fourth-order valence-corrected chi connectivity index (χ4v) is 1.24. The van der Waals surface area contributed by atoms with E-state index in [9.17, 15) is 19.2 Å². The van der Waals surface area contributed by atoms with Crippen molar-refractivity contribution in [3.63, 3.8) is 0 Å². The molecule has 0 aliphatic rings. The van der Waals surface area contributed by atoms with Crippen LogP contribution in [0.25, 0.3) is 0 Å². The number of ketones is 1. The zero-order chi connectivity index (χ0) is 14.0. The number of carboxylic acid groups (broad SMARTS) is 2. The highest BCUT2D eigenvalue weighted by Crippen LogP contribution is 2.04. The molecule has 0 aliphatic carbocycles. The second-order valence-corrected chi connectivity index (χ2v) is 3.81. The molecule has 3 N–H and O–H groups in total. The number of unbranched alkanes of at least 4 members (excludes halogenated alkanes) is 1. The molecule has 0 aromatic heterocycles. The lowest BCUT2D eigenvalue weighted by Gasteiger charge is -2.02. The van der Waals surface area contributed by atoms with Crippen LogP contribution in [0.4, 0.5) is 0 Å². The van der Waals surface area contributed by atoms with Gasteiger partial charge in [0.05, 0.1) is 6.42 Å². The lowest BCUT2D eigenvalue weighted by Crippen LogP contribution is -2.28. The van der Waals surface area contributed by atoms with Gasteiger partial charge in [0.1, 0.15) is 12.3 Å². The second kappa shape index (κ2) is 9.15. The number of nitrogens with one attached hydrogen (secondary N) is 1. The summed E-state index contributed by atoms with van der Waals surface area (Å²) >= 11 is 0. The molecule has 0 heterocycles. The van der Waals surface area contributed by atoms with Gasteiger partial charge < -0.3 is 15.5 Å². The largest absolute Gasteiger partial charge is 0.481 e. The zero-order valence-electron chi connectivity index (χ0n) is 9.98. The highest BCUT2D eigenvalue weighted by Gasteiger charge is 2.07. The molecule has 18 heavy (non-hydrogen) atoms. The van der Waals surface area contributed by atoms with Crippen molar-refractivity contribution in [2.75, 3.05) is 6.54 Å². The Labute approximate surface area is 104 Å². The summed E-state index contributed by atoms with van der Waals surface area (Å²) in [5.41, 5.74) is 0. The van der Waals surface area contributed by atoms with Crippen LogP contribution >= 0.6 is 0 Å². The van der Waals surface area contributed by atoms with E-state index in [-0.39, 0.29) is 37.4 Å². The lowest BCUT2D eigenvalue weighted by molar-refractivity contribution is -0.138. The van der Waals surface area contributed by atoms with Gasteiger partial charge in [0.25, 0.3) is 0 Å². The van der Waals surface area contributed by atoms with E-state index in [2.05, 4.69) is 5.32 Å². The molecule has 0 aliphatic heterocycles. The SMILES string of the molecule is O=C(O)CCC(=O)CCCCC(=O)NCC(=O)O. The van der Waals surface area contributed by atoms with Gasteiger partial charge in [0, 0.05) is 19.3 Å². The van der Waals surface area contributed by atoms with E-state index in [4.69, 9.17) is 10.2 Å². The molecule has 7 nitrogen and oxygen atoms in total. The van der Waals surface area contributed by atoms with Crippen LogP contribution in [0.2, 0.25) is 0 Å². The van der Waals surface area contributed by atoms with Gasteiger partial charge in [-0.3, -0.25) is 19.2 Å². The standard InChI is InChI=1S/C11H17NO6/c13-8(5-6-10(15)16)3-1-2-4-9(14)12-7-11(17)18/h1-7H2,(H,12,14)(H,15,16)(H,17,18). The summed E-state index contributed by atoms with van der Waals surface area (Å²) in [6.45, 7) is -0.406. The molecule has 7 heteroatoms. The molecular formula is C11H17NO6. The highest BCUT2D eigenvalue weighted by atomic mass is 16.4. The highest BCUT2D eigenvalue weighted by molar-refractivity contribution is 5.82. The van der Waals surface area contributed by atoms with Crippen LogP contribution in [0, 0.1) is 0 Å². The topological polar surface area (TPSA) is 121 Å². The third-order valence-corrected chi connectivity index (χ3v) is 2.16. The number of hydrogen-bond acceptors (Lipinski definition) is 4. The first-order valence-corrected chi connectivity index (χ1v) is 5.64. The Morgan fingerprint density at radius 1 is 0.778 bits per heavy atom. The minimum absolute atomic E-state index is 0.0144. The molecule has 0 fully saturated rings. The number of carboxylic acids is 2. The van der Waals surface area contributed by atoms with E-state index >= 15 is 0 Å². The van der Waals surface area contributed by atoms with Gasteiger partial charge in [-0.1, -0.05) is 0 Å². The number of carbonyl (C=O) groups excluding carboxylic acids is 2. The molecule has 0 aromatic rings. The summed E-state index contributed by atoms with van der Waals surface area (Å²) in [6, 6.07) is 0. The lowest BCUT2D eigenvalue weighted by atomic mass is 10.1. The summed E-state index contributed by atoms with van der Waals surface area (Å²) in [5.74, 6) is -2.61. The number of rotatable bonds is 10. The third-order valence-electron chi connectivity index (χ3n) is 2.16. The van der Waals surface area contributed by atoms with Crippen molar-refractivity contribution in [3.05, 3.63) is 0 Å². The minimum atomic E-state index is -1.10. The van der Waals surface area contributed by atoms with Gasteiger partial charge >= 0.3 is 11.9 Å². The average molecular weight is 259 g/mol. The third kappa shape index (κ3) is 10.6. The van der Waals surface area contributed by atoms with Crippen molar-refractivity contribution in [2.24, 2.45) is 0 Å². The molecule has 102 valence electrons. The van der Waals surface area contributed by atoms with Crippen LogP contribution in [-0.4, -0.2) is 40.4 Å². The van der Waals surface area contributed by atoms with Crippen LogP contribution in [0.15, 0.2) is 0 Å². The van der Waals surface area contributed by atoms with Crippen molar-refractivity contribution in [2.45, 2.75) is 38.5 Å². The van der Waals surface area contributed by atoms with Crippen LogP contribution < -0.4 is 5.32 Å². The Kier molecular flexibility index (Phi) is 8.17. The van der Waals surface area contributed by atoms with E-state index in [1.807, 2.05) is 0 Å². The summed E-state index contributed by atoms with van der Waals surface area (Å²) in [7, 11) is 0. The monoisotopic (exact) mass is 259 g/mol. The molecule has 0 aromatic carbocycles. The normalized spacial score (nSPS) is 9.78. The number of hydrogen-bond donors (Lipinski definition) is 3. The Morgan fingerprint density at radius 2 is 1.39 bits per heavy atom. The van der Waals surface area contributed by atoms with Crippen LogP contribution in [0.5, 0.6) is 0 Å². The molecular weight excluding hydrogens is 242 g/mol. The van der Waals surface area contributed by atoms with Crippen molar-refractivity contribution in [1.29, 1.82) is 0 Å². The summed E-state index contributed by atoms with van der Waals surface area (Å²) < 4.78 is 0. The maximum atomic E-state index is 11.2. The van der Waals surface area contributed by atoms with Crippen molar-refractivity contribution in [1.82, 2.24) is 5.32 Å². The minimum Gasteiger partial charge on any atom is -0.481 e. The van der Waals surface area contributed by atoms with Crippen LogP contribution in [-0.2, 0) is 19.2 Å². The Morgan fingerprint density at radius 3 is 1.94 bits per heavy atom. The molecule has 0 rings (SSSR count). The van der Waals surface area contributed by atoms with E-state index in [0.717, 1.165) is 0 Å². The fraction of sp³-hybridized carbons (Fsp3) is 0.636. The molecule has 0 unspecified atom stereocenters. The van der Waals surface area contributed by atoms with Crippen molar-refractivity contribution in [3.8, 4) is 0 Å². The van der Waals surface area contributed by atoms with Crippen molar-refractivity contribution < 1.29 is 29.4 Å². The van der Waals surface area contributed by atoms with Gasteiger partial charge in [0.15, 0.2) is 0 Å². The first-order chi connectivity index (χ1) is 8.41. The molecule has 0 spiro atoms. The average Bonchev–Trinajstić information content (AvgIpc) is 2.29. The number of amides is 1. The summed E-state index contributed by atoms with van der Waals surface area (Å²) in [6.07, 6.45) is 1.24. The first kappa shape index (κ1) is 16.1. The van der Waals surface area contributed by atoms with Crippen LogP contribution in [0.3, 0.4) is 0 Å². The fourth-order valence-electron chi connectivity index (χ4n) is 1.24. The summed E-state index contributed by atoms with van der Waals surface area (Å²) in [4.78, 5) is 42.6. The van der Waals surface area contributed by atoms with E-state index in [1.165, 1.54) is 0 Å². The number of Topliss-reactive ketones (excluding diaryl/α,β-unsaturated/α-hetero) is 1. The van der Waals surface area contributed by atoms with Gasteiger partial charge in [-0.05, 0) is 12.8 Å². The Bertz CT molecular complexity index is 293. The predicted molar refractivity (Wildman–Crippen MR) is 61.0 cm³/mol. The van der Waals surface area contributed by atoms with Gasteiger partial charge in [-0.25, -0.2) is 0 Å². The summed E-state index contributed by atoms with van der Waals surface area (Å²) in [5, 5.41) is 18.9. The number of aliphatic carboxylic acids is 2. The van der Waals surface area contributed by atoms with Gasteiger partial charge in [-0.15, -0.1) is 0 Å². The predicted octanol–water partition coefficient (Wildman–Crippen LogP) is 0.182. The van der Waals surface area contributed by atoms with Crippen LogP contribution in [0.1, 0.15) is 38.5 Å². The first-order valence-electron chi connectivity index (χ1n) is 5.64. The Balaban J connectivity index is 3.49. The van der Waals surface area contributed by atoms with E-state index in [1.54, 1.807) is 0 Å². The second-order valence-electron chi connectivity index (χ2n) is 3.81. The quantitative estimate of drug-likeness (QED) is 0.481. The van der Waals surface area contributed by atoms with E-state index in [0.29, 0.717) is 12.8 Å². The maximum absolute atomic E-state index is 11.2. The smallest absolute Gasteiger partial charge is 0.322 e. The molecule has 0 saturated heterocycles. The van der Waals surface area contributed by atoms with E-state index < -0.39 is 18.5 Å². The molecule has 0 bridgehead atoms. The molecule has 0 saturated carbocycles. The molecule has 0 atom stereocenters. The number of carbonyl (C=O) groups is 4. The van der Waals surface area contributed by atoms with Gasteiger partial charge in [-0.2, -0.15) is 0 Å². The van der Waals surface area contributed by atoms with Gasteiger partial charge in [0.2, 0.25) is 5.91 Å². The molecule has 0 radical (unpaired) electrons. The maximum Gasteiger partial charge on any atom is 0.322 e. The van der Waals surface area contributed by atoms with Crippen molar-refractivity contribution >= 4 is 23.6 Å². The zero-order valence-corrected chi connectivity index (χ0v) is 9.98.